The van der Waals surface area contributed by atoms with Crippen LogP contribution in [0, 0.1) is 6.92 Å². The number of fused-ring (bicyclic) bond motifs is 1. The SMILES string of the molecule is Cc1nn(-c2ccccn2)c2nc(C3CC3)cc(C(=O)Nc3cnn(C(C)C)c3)c12. The van der Waals surface area contributed by atoms with Crippen molar-refractivity contribution in [2.24, 2.45) is 0 Å². The lowest BCUT2D eigenvalue weighted by Gasteiger charge is -2.09. The Labute approximate surface area is 174 Å². The number of amides is 1. The summed E-state index contributed by atoms with van der Waals surface area (Å²) in [6.45, 7) is 5.98. The molecule has 1 saturated carbocycles. The van der Waals surface area contributed by atoms with Crippen LogP contribution in [0.15, 0.2) is 42.9 Å². The molecule has 1 fully saturated rings. The zero-order valence-electron chi connectivity index (χ0n) is 17.2. The van der Waals surface area contributed by atoms with Gasteiger partial charge in [-0.05, 0) is 51.8 Å². The van der Waals surface area contributed by atoms with E-state index >= 15 is 0 Å². The van der Waals surface area contributed by atoms with Crippen LogP contribution < -0.4 is 5.32 Å². The first-order valence-corrected chi connectivity index (χ1v) is 10.2. The Morgan fingerprint density at radius 1 is 1.27 bits per heavy atom. The predicted molar refractivity (Wildman–Crippen MR) is 114 cm³/mol. The summed E-state index contributed by atoms with van der Waals surface area (Å²) in [4.78, 5) is 22.6. The molecule has 1 aliphatic rings. The Kier molecular flexibility index (Phi) is 4.34. The third-order valence-electron chi connectivity index (χ3n) is 5.33. The molecular weight excluding hydrogens is 378 g/mol. The summed E-state index contributed by atoms with van der Waals surface area (Å²) in [5.41, 5.74) is 3.59. The maximum absolute atomic E-state index is 13.3. The summed E-state index contributed by atoms with van der Waals surface area (Å²) in [5, 5.41) is 12.7. The van der Waals surface area contributed by atoms with Crippen LogP contribution in [-0.4, -0.2) is 35.4 Å². The number of anilines is 1. The molecule has 0 atom stereocenters. The Balaban J connectivity index is 1.61. The molecule has 0 aliphatic heterocycles. The molecule has 0 radical (unpaired) electrons. The molecule has 152 valence electrons. The third-order valence-corrected chi connectivity index (χ3v) is 5.33. The highest BCUT2D eigenvalue weighted by Crippen LogP contribution is 2.40. The molecule has 8 nitrogen and oxygen atoms in total. The fourth-order valence-electron chi connectivity index (χ4n) is 3.60. The number of aromatic nitrogens is 6. The Morgan fingerprint density at radius 3 is 2.77 bits per heavy atom. The average Bonchev–Trinajstić information content (AvgIpc) is 3.40. The van der Waals surface area contributed by atoms with Gasteiger partial charge in [0.1, 0.15) is 0 Å². The smallest absolute Gasteiger partial charge is 0.256 e. The topological polar surface area (TPSA) is 90.5 Å². The quantitative estimate of drug-likeness (QED) is 0.545. The number of hydrogen-bond acceptors (Lipinski definition) is 5. The highest BCUT2D eigenvalue weighted by molar-refractivity contribution is 6.12. The number of carbonyl (C=O) groups is 1. The van der Waals surface area contributed by atoms with Gasteiger partial charge in [0, 0.05) is 30.0 Å². The average molecular weight is 401 g/mol. The number of nitrogens with one attached hydrogen (secondary N) is 1. The molecule has 4 aromatic heterocycles. The Bertz CT molecular complexity index is 1240. The van der Waals surface area contributed by atoms with E-state index < -0.39 is 0 Å². The zero-order chi connectivity index (χ0) is 20.8. The molecule has 0 spiro atoms. The first-order chi connectivity index (χ1) is 14.5. The summed E-state index contributed by atoms with van der Waals surface area (Å²) < 4.78 is 3.54. The van der Waals surface area contributed by atoms with Crippen molar-refractivity contribution >= 4 is 22.6 Å². The monoisotopic (exact) mass is 401 g/mol. The minimum absolute atomic E-state index is 0.184. The molecule has 0 aromatic carbocycles. The summed E-state index contributed by atoms with van der Waals surface area (Å²) >= 11 is 0. The molecular formula is C22H23N7O. The summed E-state index contributed by atoms with van der Waals surface area (Å²) in [6, 6.07) is 7.80. The van der Waals surface area contributed by atoms with Crippen LogP contribution in [0.4, 0.5) is 5.69 Å². The maximum Gasteiger partial charge on any atom is 0.256 e. The van der Waals surface area contributed by atoms with Crippen LogP contribution in [0.2, 0.25) is 0 Å². The Morgan fingerprint density at radius 2 is 2.10 bits per heavy atom. The second-order valence-corrected chi connectivity index (χ2v) is 8.01. The number of hydrogen-bond donors (Lipinski definition) is 1. The normalized spacial score (nSPS) is 13.9. The van der Waals surface area contributed by atoms with Crippen LogP contribution in [0.3, 0.4) is 0 Å². The lowest BCUT2D eigenvalue weighted by atomic mass is 10.1. The second kappa shape index (κ2) is 7.05. The fraction of sp³-hybridized carbons (Fsp3) is 0.318. The van der Waals surface area contributed by atoms with Crippen molar-refractivity contribution in [1.82, 2.24) is 29.5 Å². The lowest BCUT2D eigenvalue weighted by molar-refractivity contribution is 0.102. The molecule has 5 rings (SSSR count). The van der Waals surface area contributed by atoms with Gasteiger partial charge in [0.05, 0.1) is 28.5 Å². The van der Waals surface area contributed by atoms with E-state index in [1.807, 2.05) is 55.9 Å². The van der Waals surface area contributed by atoms with Crippen molar-refractivity contribution in [3.05, 3.63) is 59.8 Å². The van der Waals surface area contributed by atoms with Gasteiger partial charge in [-0.15, -0.1) is 0 Å². The molecule has 8 heteroatoms. The number of carbonyl (C=O) groups excluding carboxylic acids is 1. The van der Waals surface area contributed by atoms with Gasteiger partial charge in [0.25, 0.3) is 5.91 Å². The van der Waals surface area contributed by atoms with E-state index in [9.17, 15) is 4.79 Å². The highest BCUT2D eigenvalue weighted by Gasteiger charge is 2.29. The minimum Gasteiger partial charge on any atom is -0.319 e. The van der Waals surface area contributed by atoms with Gasteiger partial charge in [-0.2, -0.15) is 14.9 Å². The van der Waals surface area contributed by atoms with E-state index in [1.165, 1.54) is 0 Å². The molecule has 0 unspecified atom stereocenters. The van der Waals surface area contributed by atoms with Crippen LogP contribution in [0.1, 0.15) is 60.4 Å². The molecule has 1 N–H and O–H groups in total. The van der Waals surface area contributed by atoms with Crippen LogP contribution >= 0.6 is 0 Å². The fourth-order valence-corrected chi connectivity index (χ4v) is 3.60. The highest BCUT2D eigenvalue weighted by atomic mass is 16.1. The first kappa shape index (κ1) is 18.5. The van der Waals surface area contributed by atoms with Crippen molar-refractivity contribution in [2.75, 3.05) is 5.32 Å². The van der Waals surface area contributed by atoms with Gasteiger partial charge in [-0.3, -0.25) is 9.48 Å². The van der Waals surface area contributed by atoms with Crippen molar-refractivity contribution in [3.8, 4) is 5.82 Å². The van der Waals surface area contributed by atoms with Crippen LogP contribution in [0.25, 0.3) is 16.9 Å². The lowest BCUT2D eigenvalue weighted by Crippen LogP contribution is -2.13. The Hall–Kier alpha value is -3.55. The van der Waals surface area contributed by atoms with Crippen molar-refractivity contribution < 1.29 is 4.79 Å². The number of nitrogens with zero attached hydrogens (tertiary/aromatic N) is 6. The van der Waals surface area contributed by atoms with E-state index in [-0.39, 0.29) is 11.9 Å². The molecule has 0 bridgehead atoms. The largest absolute Gasteiger partial charge is 0.319 e. The van der Waals surface area contributed by atoms with E-state index in [0.717, 1.165) is 29.6 Å². The molecule has 4 heterocycles. The van der Waals surface area contributed by atoms with Gasteiger partial charge in [0.15, 0.2) is 11.5 Å². The standard InChI is InChI=1S/C22H23N7O/c1-13(2)28-12-16(11-24-28)25-22(30)17-10-18(15-7-8-15)26-21-20(17)14(3)27-29(21)19-6-4-5-9-23-19/h4-6,9-13,15H,7-8H2,1-3H3,(H,25,30). The zero-order valence-corrected chi connectivity index (χ0v) is 17.2. The second-order valence-electron chi connectivity index (χ2n) is 8.01. The minimum atomic E-state index is -0.184. The number of pyridine rings is 2. The van der Waals surface area contributed by atoms with Gasteiger partial charge in [-0.25, -0.2) is 9.97 Å². The summed E-state index contributed by atoms with van der Waals surface area (Å²) in [7, 11) is 0. The maximum atomic E-state index is 13.3. The molecule has 1 amide bonds. The van der Waals surface area contributed by atoms with E-state index in [2.05, 4.69) is 20.5 Å². The number of rotatable bonds is 5. The van der Waals surface area contributed by atoms with Gasteiger partial charge >= 0.3 is 0 Å². The summed E-state index contributed by atoms with van der Waals surface area (Å²) in [6.07, 6.45) is 7.42. The van der Waals surface area contributed by atoms with E-state index in [0.29, 0.717) is 28.6 Å². The molecule has 0 saturated heterocycles. The first-order valence-electron chi connectivity index (χ1n) is 10.2. The number of aryl methyl sites for hydroxylation is 1. The van der Waals surface area contributed by atoms with Crippen molar-refractivity contribution in [2.45, 2.75) is 45.6 Å². The van der Waals surface area contributed by atoms with Crippen molar-refractivity contribution in [1.29, 1.82) is 0 Å². The van der Waals surface area contributed by atoms with Gasteiger partial charge in [0.2, 0.25) is 0 Å². The molecule has 1 aliphatic carbocycles. The van der Waals surface area contributed by atoms with Gasteiger partial charge in [-0.1, -0.05) is 6.07 Å². The van der Waals surface area contributed by atoms with Crippen molar-refractivity contribution in [3.63, 3.8) is 0 Å². The predicted octanol–water partition coefficient (Wildman–Crippen LogP) is 4.03. The van der Waals surface area contributed by atoms with Gasteiger partial charge < -0.3 is 5.32 Å². The molecule has 4 aromatic rings. The summed E-state index contributed by atoms with van der Waals surface area (Å²) in [5.74, 6) is 0.897. The van der Waals surface area contributed by atoms with Crippen LogP contribution in [-0.2, 0) is 0 Å². The van der Waals surface area contributed by atoms with Crippen LogP contribution in [0.5, 0.6) is 0 Å². The van der Waals surface area contributed by atoms with E-state index in [1.54, 1.807) is 17.1 Å². The molecule has 30 heavy (non-hydrogen) atoms. The van der Waals surface area contributed by atoms with E-state index in [4.69, 9.17) is 4.98 Å². The third kappa shape index (κ3) is 3.24.